The Morgan fingerprint density at radius 1 is 0.788 bits per heavy atom. The molecule has 170 valence electrons. The molecule has 33 heavy (non-hydrogen) atoms. The standard InChI is InChI=1S/C27H29ClN4O/c28-23-13-7-14-24-26(23)32(27(33)29-24)16-8-15-30-17-19-31(20-18-30)25(21-9-3-1-4-10-21)22-11-5-2-6-12-22/h1-7,9-14,25H,8,15-20H2,(H,29,33). The average Bonchev–Trinajstić information content (AvgIpc) is 3.18. The van der Waals surface area contributed by atoms with Gasteiger partial charge in [0.05, 0.1) is 22.1 Å². The molecule has 1 saturated heterocycles. The van der Waals surface area contributed by atoms with E-state index in [-0.39, 0.29) is 11.7 Å². The van der Waals surface area contributed by atoms with Crippen LogP contribution in [0.3, 0.4) is 0 Å². The van der Waals surface area contributed by atoms with Gasteiger partial charge in [0.25, 0.3) is 0 Å². The number of imidazole rings is 1. The van der Waals surface area contributed by atoms with Crippen molar-refractivity contribution < 1.29 is 0 Å². The third-order valence-corrected chi connectivity index (χ3v) is 6.91. The second kappa shape index (κ2) is 9.96. The maximum atomic E-state index is 12.4. The Morgan fingerprint density at radius 2 is 1.42 bits per heavy atom. The third-order valence-electron chi connectivity index (χ3n) is 6.60. The van der Waals surface area contributed by atoms with Gasteiger partial charge in [-0.25, -0.2) is 4.79 Å². The van der Waals surface area contributed by atoms with E-state index in [0.717, 1.165) is 50.2 Å². The highest BCUT2D eigenvalue weighted by Crippen LogP contribution is 2.29. The molecule has 1 fully saturated rings. The largest absolute Gasteiger partial charge is 0.326 e. The molecule has 0 saturated carbocycles. The van der Waals surface area contributed by atoms with Crippen LogP contribution in [0.5, 0.6) is 0 Å². The molecule has 1 N–H and O–H groups in total. The van der Waals surface area contributed by atoms with Crippen molar-refractivity contribution in [1.82, 2.24) is 19.4 Å². The topological polar surface area (TPSA) is 44.3 Å². The molecule has 2 heterocycles. The van der Waals surface area contributed by atoms with Crippen molar-refractivity contribution in [1.29, 1.82) is 0 Å². The molecule has 0 spiro atoms. The molecular formula is C27H29ClN4O. The molecular weight excluding hydrogens is 432 g/mol. The molecule has 0 bridgehead atoms. The van der Waals surface area contributed by atoms with Gasteiger partial charge in [0.15, 0.2) is 0 Å². The lowest BCUT2D eigenvalue weighted by molar-refractivity contribution is 0.108. The number of benzene rings is 3. The van der Waals surface area contributed by atoms with Crippen LogP contribution in [0.15, 0.2) is 83.7 Å². The first-order valence-corrected chi connectivity index (χ1v) is 12.0. The number of nitrogens with one attached hydrogen (secondary N) is 1. The van der Waals surface area contributed by atoms with E-state index in [2.05, 4.69) is 75.4 Å². The summed E-state index contributed by atoms with van der Waals surface area (Å²) in [4.78, 5) is 20.4. The van der Waals surface area contributed by atoms with Gasteiger partial charge in [-0.15, -0.1) is 0 Å². The molecule has 0 amide bonds. The Balaban J connectivity index is 1.21. The van der Waals surface area contributed by atoms with Crippen LogP contribution in [0.2, 0.25) is 5.02 Å². The number of aromatic nitrogens is 2. The van der Waals surface area contributed by atoms with E-state index in [1.54, 1.807) is 4.57 Å². The predicted molar refractivity (Wildman–Crippen MR) is 135 cm³/mol. The van der Waals surface area contributed by atoms with E-state index in [1.165, 1.54) is 11.1 Å². The smallest absolute Gasteiger partial charge is 0.305 e. The van der Waals surface area contributed by atoms with E-state index in [4.69, 9.17) is 11.6 Å². The van der Waals surface area contributed by atoms with Crippen LogP contribution in [0.25, 0.3) is 11.0 Å². The minimum absolute atomic E-state index is 0.0866. The fraction of sp³-hybridized carbons (Fsp3) is 0.296. The van der Waals surface area contributed by atoms with Crippen molar-refractivity contribution in [2.75, 3.05) is 32.7 Å². The molecule has 0 atom stereocenters. The summed E-state index contributed by atoms with van der Waals surface area (Å²) in [6.45, 7) is 5.73. The Bertz CT molecular complexity index is 1200. The second-order valence-electron chi connectivity index (χ2n) is 8.67. The maximum absolute atomic E-state index is 12.4. The Labute approximate surface area is 199 Å². The number of halogens is 1. The highest BCUT2D eigenvalue weighted by atomic mass is 35.5. The van der Waals surface area contributed by atoms with Crippen molar-refractivity contribution in [2.45, 2.75) is 19.0 Å². The van der Waals surface area contributed by atoms with Gasteiger partial charge in [-0.05, 0) is 36.2 Å². The van der Waals surface area contributed by atoms with Crippen LogP contribution in [0.1, 0.15) is 23.6 Å². The zero-order valence-corrected chi connectivity index (χ0v) is 19.4. The first-order valence-electron chi connectivity index (χ1n) is 11.6. The van der Waals surface area contributed by atoms with Crippen molar-refractivity contribution in [3.63, 3.8) is 0 Å². The summed E-state index contributed by atoms with van der Waals surface area (Å²) in [6, 6.07) is 27.5. The monoisotopic (exact) mass is 460 g/mol. The van der Waals surface area contributed by atoms with Gasteiger partial charge < -0.3 is 9.88 Å². The highest BCUT2D eigenvalue weighted by molar-refractivity contribution is 6.34. The summed E-state index contributed by atoms with van der Waals surface area (Å²) < 4.78 is 1.77. The number of nitrogens with zero attached hydrogens (tertiary/aromatic N) is 3. The van der Waals surface area contributed by atoms with Crippen molar-refractivity contribution in [2.24, 2.45) is 0 Å². The second-order valence-corrected chi connectivity index (χ2v) is 9.08. The molecule has 4 aromatic rings. The quantitative estimate of drug-likeness (QED) is 0.431. The molecule has 1 aliphatic rings. The number of fused-ring (bicyclic) bond motifs is 1. The number of rotatable bonds is 7. The number of para-hydroxylation sites is 1. The number of hydrogen-bond acceptors (Lipinski definition) is 3. The summed E-state index contributed by atoms with van der Waals surface area (Å²) in [5.41, 5.74) is 4.20. The lowest BCUT2D eigenvalue weighted by Gasteiger charge is -2.39. The van der Waals surface area contributed by atoms with Crippen molar-refractivity contribution in [3.8, 4) is 0 Å². The van der Waals surface area contributed by atoms with Crippen LogP contribution in [0.4, 0.5) is 0 Å². The number of aryl methyl sites for hydroxylation is 1. The van der Waals surface area contributed by atoms with Crippen LogP contribution >= 0.6 is 11.6 Å². The van der Waals surface area contributed by atoms with Crippen LogP contribution in [0, 0.1) is 0 Å². The minimum Gasteiger partial charge on any atom is -0.305 e. The van der Waals surface area contributed by atoms with Crippen LogP contribution in [-0.2, 0) is 6.54 Å². The lowest BCUT2D eigenvalue weighted by atomic mass is 9.96. The number of aromatic amines is 1. The molecule has 6 heteroatoms. The normalized spacial score (nSPS) is 15.5. The Morgan fingerprint density at radius 3 is 2.06 bits per heavy atom. The molecule has 5 nitrogen and oxygen atoms in total. The maximum Gasteiger partial charge on any atom is 0.326 e. The van der Waals surface area contributed by atoms with E-state index < -0.39 is 0 Å². The fourth-order valence-electron chi connectivity index (χ4n) is 4.97. The summed E-state index contributed by atoms with van der Waals surface area (Å²) >= 11 is 6.35. The van der Waals surface area contributed by atoms with Gasteiger partial charge in [0.2, 0.25) is 0 Å². The van der Waals surface area contributed by atoms with Crippen LogP contribution < -0.4 is 5.69 Å². The third kappa shape index (κ3) is 4.76. The zero-order chi connectivity index (χ0) is 22.6. The molecule has 5 rings (SSSR count). The molecule has 1 aliphatic heterocycles. The van der Waals surface area contributed by atoms with Gasteiger partial charge >= 0.3 is 5.69 Å². The number of piperazine rings is 1. The zero-order valence-electron chi connectivity index (χ0n) is 18.7. The first kappa shape index (κ1) is 22.0. The SMILES string of the molecule is O=c1[nH]c2cccc(Cl)c2n1CCCN1CCN(C(c2ccccc2)c2ccccc2)CC1. The number of hydrogen-bond donors (Lipinski definition) is 1. The fourth-order valence-corrected chi connectivity index (χ4v) is 5.25. The highest BCUT2D eigenvalue weighted by Gasteiger charge is 2.26. The molecule has 1 aromatic heterocycles. The number of H-pyrrole nitrogens is 1. The molecule has 0 radical (unpaired) electrons. The minimum atomic E-state index is -0.0866. The Kier molecular flexibility index (Phi) is 6.63. The molecule has 3 aromatic carbocycles. The van der Waals surface area contributed by atoms with E-state index in [0.29, 0.717) is 11.6 Å². The molecule has 0 unspecified atom stereocenters. The van der Waals surface area contributed by atoms with Gasteiger partial charge in [-0.1, -0.05) is 78.3 Å². The van der Waals surface area contributed by atoms with E-state index >= 15 is 0 Å². The van der Waals surface area contributed by atoms with Gasteiger partial charge in [0, 0.05) is 32.7 Å². The van der Waals surface area contributed by atoms with Gasteiger partial charge in [0.1, 0.15) is 0 Å². The summed E-state index contributed by atoms with van der Waals surface area (Å²) in [5, 5.41) is 0.618. The van der Waals surface area contributed by atoms with Crippen molar-refractivity contribution in [3.05, 3.63) is 105 Å². The van der Waals surface area contributed by atoms with Crippen LogP contribution in [-0.4, -0.2) is 52.1 Å². The first-order chi connectivity index (χ1) is 16.2. The van der Waals surface area contributed by atoms with E-state index in [1.807, 2.05) is 18.2 Å². The lowest BCUT2D eigenvalue weighted by Crippen LogP contribution is -2.48. The summed E-state index contributed by atoms with van der Waals surface area (Å²) in [5.74, 6) is 0. The van der Waals surface area contributed by atoms with Gasteiger partial charge in [-0.3, -0.25) is 9.47 Å². The van der Waals surface area contributed by atoms with Gasteiger partial charge in [-0.2, -0.15) is 0 Å². The average molecular weight is 461 g/mol. The predicted octanol–water partition coefficient (Wildman–Crippen LogP) is 4.78. The molecule has 0 aliphatic carbocycles. The van der Waals surface area contributed by atoms with E-state index in [9.17, 15) is 4.79 Å². The Hall–Kier alpha value is -2.86. The van der Waals surface area contributed by atoms with Crippen molar-refractivity contribution >= 4 is 22.6 Å². The summed E-state index contributed by atoms with van der Waals surface area (Å²) in [6.07, 6.45) is 0.916. The summed E-state index contributed by atoms with van der Waals surface area (Å²) in [7, 11) is 0.